The van der Waals surface area contributed by atoms with Crippen molar-refractivity contribution < 1.29 is 14.3 Å². The number of carbonyl (C=O) groups excluding carboxylic acids is 2. The minimum Gasteiger partial charge on any atom is -0.498 e. The van der Waals surface area contributed by atoms with Gasteiger partial charge < -0.3 is 19.4 Å². The molecule has 2 fully saturated rings. The largest absolute Gasteiger partial charge is 0.498 e. The summed E-state index contributed by atoms with van der Waals surface area (Å²) in [5.41, 5.74) is 0.759. The zero-order valence-electron chi connectivity index (χ0n) is 14.2. The van der Waals surface area contributed by atoms with Gasteiger partial charge in [-0.3, -0.25) is 9.59 Å². The van der Waals surface area contributed by atoms with Gasteiger partial charge in [0.15, 0.2) is 0 Å². The lowest BCUT2D eigenvalue weighted by Crippen LogP contribution is -2.54. The van der Waals surface area contributed by atoms with Crippen molar-refractivity contribution in [1.29, 1.82) is 0 Å². The van der Waals surface area contributed by atoms with Gasteiger partial charge in [-0.2, -0.15) is 0 Å². The van der Waals surface area contributed by atoms with Gasteiger partial charge in [0.25, 0.3) is 5.91 Å². The fourth-order valence-corrected chi connectivity index (χ4v) is 3.67. The van der Waals surface area contributed by atoms with Crippen LogP contribution in [0.1, 0.15) is 32.6 Å². The Morgan fingerprint density at radius 3 is 2.52 bits per heavy atom. The molecule has 1 atom stereocenters. The smallest absolute Gasteiger partial charge is 0.253 e. The van der Waals surface area contributed by atoms with E-state index < -0.39 is 0 Å². The Morgan fingerprint density at radius 1 is 1.09 bits per heavy atom. The highest BCUT2D eigenvalue weighted by atomic mass is 16.5. The standard InChI is InChI=1S/C17H27N3O3/c1-13-14(5-4-12-23-13)16(21)20-7-3-6-15(20)17(22)19-10-8-18(2)9-11-19/h15H,3-12H2,1-2H3. The van der Waals surface area contributed by atoms with Crippen LogP contribution in [0, 0.1) is 0 Å². The van der Waals surface area contributed by atoms with Crippen molar-refractivity contribution in [2.24, 2.45) is 0 Å². The van der Waals surface area contributed by atoms with E-state index in [1.807, 2.05) is 11.8 Å². The van der Waals surface area contributed by atoms with Gasteiger partial charge in [0.2, 0.25) is 5.91 Å². The topological polar surface area (TPSA) is 53.1 Å². The van der Waals surface area contributed by atoms with Gasteiger partial charge in [-0.15, -0.1) is 0 Å². The molecule has 0 bridgehead atoms. The molecule has 0 aromatic carbocycles. The van der Waals surface area contributed by atoms with Gasteiger partial charge in [0, 0.05) is 32.7 Å². The van der Waals surface area contributed by atoms with Gasteiger partial charge in [-0.05, 0) is 39.7 Å². The normalized spacial score (nSPS) is 26.4. The van der Waals surface area contributed by atoms with Crippen molar-refractivity contribution in [2.75, 3.05) is 46.4 Å². The zero-order valence-corrected chi connectivity index (χ0v) is 14.2. The molecule has 0 aromatic heterocycles. The number of rotatable bonds is 2. The second-order valence-corrected chi connectivity index (χ2v) is 6.77. The van der Waals surface area contributed by atoms with E-state index in [0.717, 1.165) is 63.2 Å². The fraction of sp³-hybridized carbons (Fsp3) is 0.765. The number of ether oxygens (including phenoxy) is 1. The molecule has 0 aromatic rings. The van der Waals surface area contributed by atoms with Crippen LogP contribution < -0.4 is 0 Å². The van der Waals surface area contributed by atoms with Crippen LogP contribution in [-0.4, -0.2) is 78.9 Å². The summed E-state index contributed by atoms with van der Waals surface area (Å²) in [6, 6.07) is -0.284. The average molecular weight is 321 g/mol. The fourth-order valence-electron chi connectivity index (χ4n) is 3.67. The number of hydrogen-bond acceptors (Lipinski definition) is 4. The zero-order chi connectivity index (χ0) is 16.4. The first kappa shape index (κ1) is 16.3. The number of nitrogens with zero attached hydrogens (tertiary/aromatic N) is 3. The number of allylic oxidation sites excluding steroid dienone is 1. The number of hydrogen-bond donors (Lipinski definition) is 0. The Kier molecular flexibility index (Phi) is 4.90. The summed E-state index contributed by atoms with van der Waals surface area (Å²) in [6.45, 7) is 6.57. The second kappa shape index (κ2) is 6.91. The van der Waals surface area contributed by atoms with E-state index in [-0.39, 0.29) is 17.9 Å². The summed E-state index contributed by atoms with van der Waals surface area (Å²) in [7, 11) is 2.07. The van der Waals surface area contributed by atoms with Gasteiger partial charge in [-0.1, -0.05) is 0 Å². The molecule has 0 spiro atoms. The molecular formula is C17H27N3O3. The van der Waals surface area contributed by atoms with Crippen LogP contribution in [-0.2, 0) is 14.3 Å². The Hall–Kier alpha value is -1.56. The lowest BCUT2D eigenvalue weighted by atomic mass is 10.0. The highest BCUT2D eigenvalue weighted by Crippen LogP contribution is 2.27. The van der Waals surface area contributed by atoms with E-state index >= 15 is 0 Å². The minimum absolute atomic E-state index is 0.00665. The molecule has 0 N–H and O–H groups in total. The van der Waals surface area contributed by atoms with Crippen LogP contribution in [0.4, 0.5) is 0 Å². The third kappa shape index (κ3) is 3.37. The van der Waals surface area contributed by atoms with E-state index in [9.17, 15) is 9.59 Å². The Morgan fingerprint density at radius 2 is 1.83 bits per heavy atom. The van der Waals surface area contributed by atoms with E-state index in [0.29, 0.717) is 13.2 Å². The lowest BCUT2D eigenvalue weighted by molar-refractivity contribution is -0.143. The predicted molar refractivity (Wildman–Crippen MR) is 86.7 cm³/mol. The first-order chi connectivity index (χ1) is 11.1. The van der Waals surface area contributed by atoms with E-state index in [1.165, 1.54) is 0 Å². The van der Waals surface area contributed by atoms with Gasteiger partial charge in [-0.25, -0.2) is 0 Å². The third-order valence-corrected chi connectivity index (χ3v) is 5.19. The third-order valence-electron chi connectivity index (χ3n) is 5.19. The van der Waals surface area contributed by atoms with Crippen LogP contribution in [0.15, 0.2) is 11.3 Å². The summed E-state index contributed by atoms with van der Waals surface area (Å²) < 4.78 is 5.53. The first-order valence-electron chi connectivity index (χ1n) is 8.69. The summed E-state index contributed by atoms with van der Waals surface area (Å²) in [4.78, 5) is 31.7. The summed E-state index contributed by atoms with van der Waals surface area (Å²) in [5, 5.41) is 0. The van der Waals surface area contributed by atoms with Gasteiger partial charge >= 0.3 is 0 Å². The molecule has 128 valence electrons. The van der Waals surface area contributed by atoms with Crippen molar-refractivity contribution in [3.63, 3.8) is 0 Å². The highest BCUT2D eigenvalue weighted by molar-refractivity contribution is 5.97. The van der Waals surface area contributed by atoms with E-state index in [4.69, 9.17) is 4.74 Å². The Labute approximate surface area is 138 Å². The Bertz CT molecular complexity index is 509. The highest BCUT2D eigenvalue weighted by Gasteiger charge is 2.38. The first-order valence-corrected chi connectivity index (χ1v) is 8.69. The maximum Gasteiger partial charge on any atom is 0.253 e. The van der Waals surface area contributed by atoms with Crippen LogP contribution in [0.3, 0.4) is 0 Å². The summed E-state index contributed by atoms with van der Waals surface area (Å²) >= 11 is 0. The van der Waals surface area contributed by atoms with Crippen molar-refractivity contribution in [1.82, 2.24) is 14.7 Å². The van der Waals surface area contributed by atoms with Gasteiger partial charge in [0.1, 0.15) is 11.8 Å². The van der Waals surface area contributed by atoms with Crippen LogP contribution in [0.25, 0.3) is 0 Å². The number of likely N-dealkylation sites (N-methyl/N-ethyl adjacent to an activating group) is 1. The number of amides is 2. The summed E-state index contributed by atoms with van der Waals surface area (Å²) in [6.07, 6.45) is 3.33. The molecule has 0 saturated carbocycles. The van der Waals surface area contributed by atoms with Crippen LogP contribution in [0.2, 0.25) is 0 Å². The molecule has 6 heteroatoms. The molecule has 0 aliphatic carbocycles. The van der Waals surface area contributed by atoms with Crippen molar-refractivity contribution in [3.05, 3.63) is 11.3 Å². The average Bonchev–Trinajstić information content (AvgIpc) is 3.04. The monoisotopic (exact) mass is 321 g/mol. The molecular weight excluding hydrogens is 294 g/mol. The van der Waals surface area contributed by atoms with Crippen molar-refractivity contribution >= 4 is 11.8 Å². The quantitative estimate of drug-likeness (QED) is 0.756. The molecule has 3 heterocycles. The van der Waals surface area contributed by atoms with Gasteiger partial charge in [0.05, 0.1) is 12.2 Å². The predicted octanol–water partition coefficient (Wildman–Crippen LogP) is 0.836. The molecule has 3 aliphatic rings. The SMILES string of the molecule is CC1=C(C(=O)N2CCCC2C(=O)N2CCN(C)CC2)CCCO1. The summed E-state index contributed by atoms with van der Waals surface area (Å²) in [5.74, 6) is 0.866. The Balaban J connectivity index is 1.70. The molecule has 2 saturated heterocycles. The van der Waals surface area contributed by atoms with Crippen LogP contribution in [0.5, 0.6) is 0 Å². The maximum absolute atomic E-state index is 12.9. The lowest BCUT2D eigenvalue weighted by Gasteiger charge is -2.36. The van der Waals surface area contributed by atoms with Crippen LogP contribution >= 0.6 is 0 Å². The second-order valence-electron chi connectivity index (χ2n) is 6.77. The molecule has 3 aliphatic heterocycles. The maximum atomic E-state index is 12.9. The molecule has 0 radical (unpaired) electrons. The number of carbonyl (C=O) groups is 2. The number of piperazine rings is 1. The molecule has 2 amide bonds. The number of likely N-dealkylation sites (tertiary alicyclic amines) is 1. The van der Waals surface area contributed by atoms with Crippen molar-refractivity contribution in [3.8, 4) is 0 Å². The van der Waals surface area contributed by atoms with E-state index in [2.05, 4.69) is 11.9 Å². The van der Waals surface area contributed by atoms with E-state index in [1.54, 1.807) is 4.90 Å². The minimum atomic E-state index is -0.284. The van der Waals surface area contributed by atoms with Crippen molar-refractivity contribution in [2.45, 2.75) is 38.6 Å². The molecule has 6 nitrogen and oxygen atoms in total. The molecule has 1 unspecified atom stereocenters. The molecule has 3 rings (SSSR count). The molecule has 23 heavy (non-hydrogen) atoms.